The van der Waals surface area contributed by atoms with Crippen LogP contribution in [0, 0.1) is 0 Å². The Morgan fingerprint density at radius 3 is 2.56 bits per heavy atom. The Morgan fingerprint density at radius 1 is 1.22 bits per heavy atom. The first-order chi connectivity index (χ1) is 8.52. The molecule has 0 atom stereocenters. The second kappa shape index (κ2) is 7.51. The van der Waals surface area contributed by atoms with Gasteiger partial charge in [0.15, 0.2) is 5.82 Å². The van der Waals surface area contributed by atoms with E-state index in [0.29, 0.717) is 17.6 Å². The monoisotopic (exact) mass is 272 g/mol. The Balaban J connectivity index is 2.63. The molecule has 0 radical (unpaired) electrons. The largest absolute Gasteiger partial charge is 0.377 e. The number of anilines is 1. The van der Waals surface area contributed by atoms with Gasteiger partial charge in [-0.3, -0.25) is 0 Å². The first-order valence-electron chi connectivity index (χ1n) is 5.91. The van der Waals surface area contributed by atoms with E-state index in [2.05, 4.69) is 33.9 Å². The van der Waals surface area contributed by atoms with Crippen LogP contribution in [0.15, 0.2) is 6.07 Å². The fourth-order valence-electron chi connectivity index (χ4n) is 1.58. The van der Waals surface area contributed by atoms with Crippen molar-refractivity contribution >= 4 is 17.4 Å². The summed E-state index contributed by atoms with van der Waals surface area (Å²) in [7, 11) is 7.76. The standard InChI is InChI=1S/C12H21ClN4O/c1-16(2)6-5-7-17(3)12-8-10(13)14-11(15-12)9-18-4/h8H,5-7,9H2,1-4H3. The number of hydrogen-bond donors (Lipinski definition) is 0. The normalized spacial score (nSPS) is 11.0. The number of hydrogen-bond acceptors (Lipinski definition) is 5. The first-order valence-corrected chi connectivity index (χ1v) is 6.29. The number of halogens is 1. The molecule has 5 nitrogen and oxygen atoms in total. The van der Waals surface area contributed by atoms with E-state index in [1.54, 1.807) is 13.2 Å². The van der Waals surface area contributed by atoms with Gasteiger partial charge in [0.05, 0.1) is 0 Å². The Labute approximate surface area is 114 Å². The van der Waals surface area contributed by atoms with Crippen molar-refractivity contribution in [3.05, 3.63) is 17.0 Å². The zero-order chi connectivity index (χ0) is 13.5. The fraction of sp³-hybridized carbons (Fsp3) is 0.667. The first kappa shape index (κ1) is 15.1. The third-order valence-corrected chi connectivity index (χ3v) is 2.68. The second-order valence-electron chi connectivity index (χ2n) is 4.48. The van der Waals surface area contributed by atoms with Crippen molar-refractivity contribution in [2.24, 2.45) is 0 Å². The summed E-state index contributed by atoms with van der Waals surface area (Å²) < 4.78 is 5.02. The maximum Gasteiger partial charge on any atom is 0.158 e. The zero-order valence-electron chi connectivity index (χ0n) is 11.5. The molecule has 0 amide bonds. The molecule has 0 bridgehead atoms. The van der Waals surface area contributed by atoms with Crippen molar-refractivity contribution < 1.29 is 4.74 Å². The Bertz CT molecular complexity index is 373. The van der Waals surface area contributed by atoms with Crippen LogP contribution in [0.2, 0.25) is 5.15 Å². The maximum atomic E-state index is 5.97. The molecule has 0 unspecified atom stereocenters. The van der Waals surface area contributed by atoms with E-state index in [0.717, 1.165) is 25.3 Å². The summed E-state index contributed by atoms with van der Waals surface area (Å²) in [6, 6.07) is 1.77. The Kier molecular flexibility index (Phi) is 6.32. The van der Waals surface area contributed by atoms with Gasteiger partial charge in [-0.15, -0.1) is 0 Å². The number of nitrogens with zero attached hydrogens (tertiary/aromatic N) is 4. The zero-order valence-corrected chi connectivity index (χ0v) is 12.2. The van der Waals surface area contributed by atoms with E-state index in [1.165, 1.54) is 0 Å². The number of ether oxygens (including phenoxy) is 1. The lowest BCUT2D eigenvalue weighted by Crippen LogP contribution is -2.24. The lowest BCUT2D eigenvalue weighted by Gasteiger charge is -2.20. The number of aromatic nitrogens is 2. The topological polar surface area (TPSA) is 41.5 Å². The van der Waals surface area contributed by atoms with Gasteiger partial charge in [-0.2, -0.15) is 0 Å². The van der Waals surface area contributed by atoms with E-state index in [9.17, 15) is 0 Å². The van der Waals surface area contributed by atoms with Gasteiger partial charge in [-0.1, -0.05) is 11.6 Å². The highest BCUT2D eigenvalue weighted by molar-refractivity contribution is 6.29. The Morgan fingerprint density at radius 2 is 1.94 bits per heavy atom. The van der Waals surface area contributed by atoms with Crippen LogP contribution in [-0.2, 0) is 11.3 Å². The molecule has 1 rings (SSSR count). The molecule has 18 heavy (non-hydrogen) atoms. The summed E-state index contributed by atoms with van der Waals surface area (Å²) in [4.78, 5) is 12.8. The van der Waals surface area contributed by atoms with Gasteiger partial charge in [0.25, 0.3) is 0 Å². The highest BCUT2D eigenvalue weighted by atomic mass is 35.5. The minimum atomic E-state index is 0.374. The quantitative estimate of drug-likeness (QED) is 0.706. The molecule has 0 saturated carbocycles. The van der Waals surface area contributed by atoms with Gasteiger partial charge in [0, 0.05) is 26.8 Å². The molecular weight excluding hydrogens is 252 g/mol. The van der Waals surface area contributed by atoms with E-state index < -0.39 is 0 Å². The molecule has 0 aliphatic rings. The summed E-state index contributed by atoms with van der Waals surface area (Å²) in [6.07, 6.45) is 1.07. The van der Waals surface area contributed by atoms with E-state index in [4.69, 9.17) is 16.3 Å². The number of rotatable bonds is 7. The van der Waals surface area contributed by atoms with Gasteiger partial charge < -0.3 is 14.5 Å². The van der Waals surface area contributed by atoms with Crippen LogP contribution < -0.4 is 4.90 Å². The van der Waals surface area contributed by atoms with Crippen LogP contribution in [0.3, 0.4) is 0 Å². The summed E-state index contributed by atoms with van der Waals surface area (Å²) in [5.74, 6) is 1.44. The Hall–Kier alpha value is -0.910. The fourth-order valence-corrected chi connectivity index (χ4v) is 1.77. The van der Waals surface area contributed by atoms with E-state index in [1.807, 2.05) is 7.05 Å². The van der Waals surface area contributed by atoms with Gasteiger partial charge in [0.2, 0.25) is 0 Å². The molecule has 0 fully saturated rings. The second-order valence-corrected chi connectivity index (χ2v) is 4.86. The van der Waals surface area contributed by atoms with Gasteiger partial charge in [-0.25, -0.2) is 9.97 Å². The molecule has 1 heterocycles. The molecule has 0 spiro atoms. The van der Waals surface area contributed by atoms with E-state index >= 15 is 0 Å². The highest BCUT2D eigenvalue weighted by Gasteiger charge is 2.07. The van der Waals surface area contributed by atoms with Crippen molar-refractivity contribution in [2.75, 3.05) is 46.2 Å². The average Bonchev–Trinajstić information content (AvgIpc) is 2.28. The van der Waals surface area contributed by atoms with Crippen molar-refractivity contribution in [3.63, 3.8) is 0 Å². The minimum Gasteiger partial charge on any atom is -0.377 e. The van der Waals surface area contributed by atoms with Crippen molar-refractivity contribution in [2.45, 2.75) is 13.0 Å². The minimum absolute atomic E-state index is 0.374. The molecule has 1 aromatic heterocycles. The van der Waals surface area contributed by atoms with E-state index in [-0.39, 0.29) is 0 Å². The molecule has 0 aliphatic carbocycles. The molecule has 102 valence electrons. The number of methoxy groups -OCH3 is 1. The van der Waals surface area contributed by atoms with Crippen LogP contribution >= 0.6 is 11.6 Å². The smallest absolute Gasteiger partial charge is 0.158 e. The molecule has 6 heteroatoms. The predicted molar refractivity (Wildman–Crippen MR) is 74.2 cm³/mol. The molecule has 0 aliphatic heterocycles. The van der Waals surface area contributed by atoms with Crippen LogP contribution in [0.5, 0.6) is 0 Å². The third kappa shape index (κ3) is 5.16. The van der Waals surface area contributed by atoms with Crippen molar-refractivity contribution in [1.82, 2.24) is 14.9 Å². The van der Waals surface area contributed by atoms with Crippen LogP contribution in [0.4, 0.5) is 5.82 Å². The average molecular weight is 273 g/mol. The lowest BCUT2D eigenvalue weighted by atomic mass is 10.3. The summed E-state index contributed by atoms with van der Waals surface area (Å²) >= 11 is 5.97. The molecule has 0 aromatic carbocycles. The van der Waals surface area contributed by atoms with Gasteiger partial charge in [0.1, 0.15) is 17.6 Å². The van der Waals surface area contributed by atoms with Crippen molar-refractivity contribution in [3.8, 4) is 0 Å². The summed E-state index contributed by atoms with van der Waals surface area (Å²) in [5, 5.41) is 0.450. The van der Waals surface area contributed by atoms with Crippen LogP contribution in [-0.4, -0.2) is 56.2 Å². The highest BCUT2D eigenvalue weighted by Crippen LogP contribution is 2.15. The maximum absolute atomic E-state index is 5.97. The summed E-state index contributed by atoms with van der Waals surface area (Å²) in [6.45, 7) is 2.35. The molecule has 0 N–H and O–H groups in total. The van der Waals surface area contributed by atoms with Gasteiger partial charge >= 0.3 is 0 Å². The third-order valence-electron chi connectivity index (χ3n) is 2.49. The van der Waals surface area contributed by atoms with Gasteiger partial charge in [-0.05, 0) is 27.1 Å². The molecule has 0 saturated heterocycles. The lowest BCUT2D eigenvalue weighted by molar-refractivity contribution is 0.178. The summed E-state index contributed by atoms with van der Waals surface area (Å²) in [5.41, 5.74) is 0. The molecule has 1 aromatic rings. The van der Waals surface area contributed by atoms with Crippen molar-refractivity contribution in [1.29, 1.82) is 0 Å². The van der Waals surface area contributed by atoms with Crippen LogP contribution in [0.25, 0.3) is 0 Å². The van der Waals surface area contributed by atoms with Crippen LogP contribution in [0.1, 0.15) is 12.2 Å². The SMILES string of the molecule is COCc1nc(Cl)cc(N(C)CCCN(C)C)n1. The molecular formula is C12H21ClN4O. The predicted octanol–water partition coefficient (Wildman–Crippen LogP) is 1.66.